The van der Waals surface area contributed by atoms with Gasteiger partial charge in [-0.2, -0.15) is 13.8 Å². The van der Waals surface area contributed by atoms with Crippen LogP contribution in [0.5, 0.6) is 5.75 Å². The predicted octanol–water partition coefficient (Wildman–Crippen LogP) is 6.10. The zero-order valence-corrected chi connectivity index (χ0v) is 20.8. The number of amides is 1. The van der Waals surface area contributed by atoms with Crippen molar-refractivity contribution >= 4 is 11.6 Å². The van der Waals surface area contributed by atoms with Gasteiger partial charge < -0.3 is 14.2 Å². The number of fused-ring (bicyclic) bond motifs is 3. The number of carbonyl (C=O) groups excluding carboxylic acids is 1. The van der Waals surface area contributed by atoms with Gasteiger partial charge in [-0.1, -0.05) is 11.2 Å². The Morgan fingerprint density at radius 2 is 1.81 bits per heavy atom. The third-order valence-electron chi connectivity index (χ3n) is 9.28. The van der Waals surface area contributed by atoms with Crippen LogP contribution in [-0.4, -0.2) is 34.9 Å². The van der Waals surface area contributed by atoms with Crippen molar-refractivity contribution in [2.45, 2.75) is 88.6 Å². The number of ether oxygens (including phenoxy) is 1. The molecule has 1 amide bonds. The molecule has 6 fully saturated rings. The highest BCUT2D eigenvalue weighted by Crippen LogP contribution is 2.70. The van der Waals surface area contributed by atoms with E-state index in [1.807, 2.05) is 36.1 Å². The van der Waals surface area contributed by atoms with E-state index in [1.54, 1.807) is 0 Å². The Hall–Kier alpha value is -2.58. The Bertz CT molecular complexity index is 1150. The van der Waals surface area contributed by atoms with Gasteiger partial charge in [-0.15, -0.1) is 0 Å². The summed E-state index contributed by atoms with van der Waals surface area (Å²) in [5, 5.41) is 3.94. The number of carbonyl (C=O) groups is 1. The molecule has 9 heteroatoms. The second kappa shape index (κ2) is 7.71. The number of aromatic nitrogens is 2. The van der Waals surface area contributed by atoms with E-state index in [4.69, 9.17) is 9.26 Å². The summed E-state index contributed by atoms with van der Waals surface area (Å²) in [6.45, 7) is 3.77. The molecular formula is C27H32F3N3O3. The van der Waals surface area contributed by atoms with Crippen LogP contribution >= 0.6 is 0 Å². The maximum Gasteiger partial charge on any atom is 0.322 e. The van der Waals surface area contributed by atoms with E-state index < -0.39 is 22.9 Å². The normalized spacial score (nSPS) is 34.6. The van der Waals surface area contributed by atoms with Gasteiger partial charge in [0.2, 0.25) is 5.91 Å². The Morgan fingerprint density at radius 1 is 1.14 bits per heavy atom. The minimum absolute atomic E-state index is 0.0143. The maximum absolute atomic E-state index is 14.3. The van der Waals surface area contributed by atoms with E-state index >= 15 is 0 Å². The number of hydrogen-bond donors (Lipinski definition) is 0. The standard InChI is InChI=1S/C27H32F3N3O3/c1-3-35-19-6-4-5-18(13-19)33(22(34)26-14-27(30,15-26)16-26)17-24-7-10-25(11-8-24,12-9-24)20-31-21(36-32-20)23(2,28)29/h4-6,13H,3,7-12,14-17H2,1-2H3. The Balaban J connectivity index is 1.24. The first kappa shape index (κ1) is 23.8. The van der Waals surface area contributed by atoms with Crippen molar-refractivity contribution in [1.82, 2.24) is 10.1 Å². The van der Waals surface area contributed by atoms with Gasteiger partial charge in [0.15, 0.2) is 5.82 Å². The third-order valence-corrected chi connectivity index (χ3v) is 9.28. The molecule has 194 valence electrons. The summed E-state index contributed by atoms with van der Waals surface area (Å²) in [5.41, 5.74) is -1.38. The van der Waals surface area contributed by atoms with Crippen molar-refractivity contribution in [1.29, 1.82) is 0 Å². The van der Waals surface area contributed by atoms with Gasteiger partial charge in [0, 0.05) is 30.6 Å². The summed E-state index contributed by atoms with van der Waals surface area (Å²) in [4.78, 5) is 19.8. The molecule has 4 bridgehead atoms. The van der Waals surface area contributed by atoms with E-state index in [2.05, 4.69) is 10.1 Å². The molecule has 0 saturated heterocycles. The summed E-state index contributed by atoms with van der Waals surface area (Å²) in [7, 11) is 0. The van der Waals surface area contributed by atoms with Crippen LogP contribution in [0.25, 0.3) is 0 Å². The van der Waals surface area contributed by atoms with Crippen molar-refractivity contribution in [2.75, 3.05) is 18.1 Å². The van der Waals surface area contributed by atoms with Crippen LogP contribution in [0.3, 0.4) is 0 Å². The van der Waals surface area contributed by atoms with Crippen LogP contribution in [-0.2, 0) is 16.1 Å². The number of hydrogen-bond acceptors (Lipinski definition) is 5. The molecule has 1 aromatic carbocycles. The van der Waals surface area contributed by atoms with Crippen LogP contribution in [0.4, 0.5) is 18.9 Å². The van der Waals surface area contributed by atoms with E-state index in [-0.39, 0.29) is 16.7 Å². The number of benzene rings is 1. The number of anilines is 1. The maximum atomic E-state index is 14.3. The third kappa shape index (κ3) is 3.64. The highest BCUT2D eigenvalue weighted by atomic mass is 19.3. The molecule has 0 unspecified atom stereocenters. The van der Waals surface area contributed by atoms with Crippen LogP contribution < -0.4 is 9.64 Å². The molecule has 2 aromatic rings. The summed E-state index contributed by atoms with van der Waals surface area (Å²) >= 11 is 0. The van der Waals surface area contributed by atoms with E-state index in [1.165, 1.54) is 0 Å². The lowest BCUT2D eigenvalue weighted by Crippen LogP contribution is -2.71. The molecule has 1 heterocycles. The number of nitrogens with zero attached hydrogens (tertiary/aromatic N) is 3. The van der Waals surface area contributed by atoms with E-state index in [9.17, 15) is 18.0 Å². The topological polar surface area (TPSA) is 68.5 Å². The highest BCUT2D eigenvalue weighted by molar-refractivity contribution is 6.00. The minimum atomic E-state index is -3.16. The molecule has 1 aromatic heterocycles. The molecule has 6 aliphatic rings. The number of alkyl halides is 3. The molecule has 0 atom stereocenters. The van der Waals surface area contributed by atoms with Gasteiger partial charge in [-0.25, -0.2) is 4.39 Å². The lowest BCUT2D eigenvalue weighted by molar-refractivity contribution is -0.211. The van der Waals surface area contributed by atoms with Crippen molar-refractivity contribution in [2.24, 2.45) is 10.8 Å². The van der Waals surface area contributed by atoms with Gasteiger partial charge in [0.1, 0.15) is 11.4 Å². The first-order valence-electron chi connectivity index (χ1n) is 13.0. The van der Waals surface area contributed by atoms with Gasteiger partial charge in [-0.3, -0.25) is 4.79 Å². The molecule has 6 aliphatic carbocycles. The first-order valence-corrected chi connectivity index (χ1v) is 13.0. The largest absolute Gasteiger partial charge is 0.494 e. The van der Waals surface area contributed by atoms with Gasteiger partial charge in [0.25, 0.3) is 5.89 Å². The van der Waals surface area contributed by atoms with Crippen LogP contribution in [0.1, 0.15) is 83.3 Å². The second-order valence-corrected chi connectivity index (χ2v) is 11.9. The fourth-order valence-electron chi connectivity index (χ4n) is 7.15. The SMILES string of the molecule is CCOc1cccc(N(CC23CCC(c4noc(C(C)(F)F)n4)(CC2)CC3)C(=O)C23CC(F)(C2)C3)c1. The zero-order chi connectivity index (χ0) is 25.4. The van der Waals surface area contributed by atoms with Gasteiger partial charge in [-0.05, 0) is 82.3 Å². The number of rotatable bonds is 8. The Kier molecular flexibility index (Phi) is 5.10. The lowest BCUT2D eigenvalue weighted by atomic mass is 9.41. The van der Waals surface area contributed by atoms with E-state index in [0.29, 0.717) is 44.0 Å². The Labute approximate surface area is 208 Å². The van der Waals surface area contributed by atoms with Crippen molar-refractivity contribution in [3.05, 3.63) is 36.0 Å². The second-order valence-electron chi connectivity index (χ2n) is 11.9. The molecule has 0 spiro atoms. The molecule has 8 rings (SSSR count). The van der Waals surface area contributed by atoms with E-state index in [0.717, 1.165) is 51.1 Å². The fraction of sp³-hybridized carbons (Fsp3) is 0.667. The predicted molar refractivity (Wildman–Crippen MR) is 126 cm³/mol. The fourth-order valence-corrected chi connectivity index (χ4v) is 7.15. The molecule has 0 radical (unpaired) electrons. The Morgan fingerprint density at radius 3 is 2.36 bits per heavy atom. The zero-order valence-electron chi connectivity index (χ0n) is 20.8. The van der Waals surface area contributed by atoms with Crippen LogP contribution in [0.15, 0.2) is 28.8 Å². The number of halogens is 3. The molecule has 0 N–H and O–H groups in total. The average Bonchev–Trinajstić information content (AvgIpc) is 3.33. The smallest absolute Gasteiger partial charge is 0.322 e. The van der Waals surface area contributed by atoms with Crippen LogP contribution in [0.2, 0.25) is 0 Å². The minimum Gasteiger partial charge on any atom is -0.494 e. The van der Waals surface area contributed by atoms with Crippen molar-refractivity contribution in [3.63, 3.8) is 0 Å². The molecule has 36 heavy (non-hydrogen) atoms. The summed E-state index contributed by atoms with van der Waals surface area (Å²) in [6, 6.07) is 7.59. The van der Waals surface area contributed by atoms with Gasteiger partial charge >= 0.3 is 5.92 Å². The quantitative estimate of drug-likeness (QED) is 0.436. The van der Waals surface area contributed by atoms with Crippen molar-refractivity contribution < 1.29 is 27.2 Å². The average molecular weight is 504 g/mol. The highest BCUT2D eigenvalue weighted by Gasteiger charge is 2.73. The first-order chi connectivity index (χ1) is 17.0. The summed E-state index contributed by atoms with van der Waals surface area (Å²) < 4.78 is 52.3. The molecule has 0 aliphatic heterocycles. The molecule has 6 nitrogen and oxygen atoms in total. The van der Waals surface area contributed by atoms with Crippen LogP contribution in [0, 0.1) is 10.8 Å². The van der Waals surface area contributed by atoms with Crippen molar-refractivity contribution in [3.8, 4) is 5.75 Å². The summed E-state index contributed by atoms with van der Waals surface area (Å²) in [6.07, 6.45) is 5.77. The molecular weight excluding hydrogens is 471 g/mol. The lowest BCUT2D eigenvalue weighted by Gasteiger charge is -2.65. The molecule has 6 saturated carbocycles. The van der Waals surface area contributed by atoms with Gasteiger partial charge in [0.05, 0.1) is 12.0 Å². The summed E-state index contributed by atoms with van der Waals surface area (Å²) in [5.74, 6) is -2.70. The monoisotopic (exact) mass is 503 g/mol.